The summed E-state index contributed by atoms with van der Waals surface area (Å²) < 4.78 is 0. The van der Waals surface area contributed by atoms with Gasteiger partial charge in [-0.05, 0) is 38.7 Å². The van der Waals surface area contributed by atoms with Gasteiger partial charge in [0.25, 0.3) is 0 Å². The van der Waals surface area contributed by atoms with Gasteiger partial charge in [-0.15, -0.1) is 0 Å². The molecule has 1 atom stereocenters. The van der Waals surface area contributed by atoms with E-state index in [0.717, 1.165) is 31.4 Å². The molecule has 2 rings (SSSR count). The summed E-state index contributed by atoms with van der Waals surface area (Å²) in [4.78, 5) is 26.8. The third-order valence-corrected chi connectivity index (χ3v) is 4.69. The first-order valence-corrected chi connectivity index (χ1v) is 8.55. The van der Waals surface area contributed by atoms with Crippen molar-refractivity contribution in [3.8, 4) is 0 Å². The number of piperidine rings is 1. The summed E-state index contributed by atoms with van der Waals surface area (Å²) in [5, 5.41) is 3.11. The number of nitrogens with zero attached hydrogens (tertiary/aromatic N) is 1. The third-order valence-electron chi connectivity index (χ3n) is 4.69. The molecule has 0 bridgehead atoms. The van der Waals surface area contributed by atoms with Gasteiger partial charge >= 0.3 is 0 Å². The highest BCUT2D eigenvalue weighted by molar-refractivity contribution is 5.82. The Kier molecular flexibility index (Phi) is 5.80. The molecule has 0 saturated carbocycles. The summed E-state index contributed by atoms with van der Waals surface area (Å²) in [5.41, 5.74) is 0.837. The largest absolute Gasteiger partial charge is 0.351 e. The Morgan fingerprint density at radius 2 is 1.96 bits per heavy atom. The molecule has 2 amide bonds. The lowest BCUT2D eigenvalue weighted by atomic mass is 9.94. The minimum absolute atomic E-state index is 0.0778. The topological polar surface area (TPSA) is 49.4 Å². The van der Waals surface area contributed by atoms with Gasteiger partial charge in [-0.1, -0.05) is 37.3 Å². The molecular weight excluding hydrogens is 288 g/mol. The maximum absolute atomic E-state index is 12.5. The Bertz CT molecular complexity index is 540. The Morgan fingerprint density at radius 1 is 1.26 bits per heavy atom. The standard InChI is InChI=1S/C19H28N2O2/c1-4-19(2,3)20-18(23)16-11-8-12-21(14-16)17(22)13-15-9-6-5-7-10-15/h5-7,9-10,16H,4,8,11-14H2,1-3H3,(H,20,23)/t16-/m0/s1. The van der Waals surface area contributed by atoms with Crippen molar-refractivity contribution in [2.45, 2.75) is 52.0 Å². The van der Waals surface area contributed by atoms with Crippen LogP contribution in [0.5, 0.6) is 0 Å². The number of rotatable bonds is 5. The zero-order valence-corrected chi connectivity index (χ0v) is 14.5. The molecule has 1 aromatic carbocycles. The predicted molar refractivity (Wildman–Crippen MR) is 92.0 cm³/mol. The van der Waals surface area contributed by atoms with Crippen LogP contribution in [0, 0.1) is 5.92 Å². The highest BCUT2D eigenvalue weighted by Crippen LogP contribution is 2.19. The van der Waals surface area contributed by atoms with Gasteiger partial charge in [0, 0.05) is 18.6 Å². The quantitative estimate of drug-likeness (QED) is 0.908. The predicted octanol–water partition coefficient (Wildman–Crippen LogP) is 2.77. The lowest BCUT2D eigenvalue weighted by Crippen LogP contribution is -2.50. The minimum Gasteiger partial charge on any atom is -0.351 e. The summed E-state index contributed by atoms with van der Waals surface area (Å²) in [6.45, 7) is 7.43. The molecule has 0 spiro atoms. The van der Waals surface area contributed by atoms with Crippen LogP contribution in [0.15, 0.2) is 30.3 Å². The first-order valence-electron chi connectivity index (χ1n) is 8.55. The van der Waals surface area contributed by atoms with Crippen LogP contribution in [0.4, 0.5) is 0 Å². The molecule has 0 unspecified atom stereocenters. The lowest BCUT2D eigenvalue weighted by Gasteiger charge is -2.34. The smallest absolute Gasteiger partial charge is 0.227 e. The molecule has 1 aliphatic rings. The molecule has 1 heterocycles. The average Bonchev–Trinajstić information content (AvgIpc) is 2.55. The second-order valence-electron chi connectivity index (χ2n) is 7.07. The zero-order chi connectivity index (χ0) is 16.9. The van der Waals surface area contributed by atoms with Crippen molar-refractivity contribution in [1.29, 1.82) is 0 Å². The van der Waals surface area contributed by atoms with E-state index in [1.165, 1.54) is 0 Å². The van der Waals surface area contributed by atoms with Gasteiger partial charge in [0.05, 0.1) is 12.3 Å². The van der Waals surface area contributed by atoms with Crippen LogP contribution in [0.3, 0.4) is 0 Å². The van der Waals surface area contributed by atoms with Gasteiger partial charge in [-0.2, -0.15) is 0 Å². The van der Waals surface area contributed by atoms with E-state index in [1.54, 1.807) is 0 Å². The zero-order valence-electron chi connectivity index (χ0n) is 14.5. The molecule has 23 heavy (non-hydrogen) atoms. The van der Waals surface area contributed by atoms with E-state index in [2.05, 4.69) is 12.2 Å². The first kappa shape index (κ1) is 17.5. The minimum atomic E-state index is -0.187. The van der Waals surface area contributed by atoms with E-state index in [0.29, 0.717) is 13.0 Å². The number of benzene rings is 1. The van der Waals surface area contributed by atoms with E-state index >= 15 is 0 Å². The van der Waals surface area contributed by atoms with Gasteiger partial charge in [-0.25, -0.2) is 0 Å². The maximum Gasteiger partial charge on any atom is 0.227 e. The summed E-state index contributed by atoms with van der Waals surface area (Å²) >= 11 is 0. The molecule has 1 saturated heterocycles. The Labute approximate surface area is 139 Å². The van der Waals surface area contributed by atoms with Crippen LogP contribution in [-0.4, -0.2) is 35.3 Å². The van der Waals surface area contributed by atoms with Crippen LogP contribution in [0.1, 0.15) is 45.6 Å². The van der Waals surface area contributed by atoms with Gasteiger partial charge in [0.15, 0.2) is 0 Å². The number of carbonyl (C=O) groups is 2. The number of amides is 2. The summed E-state index contributed by atoms with van der Waals surface area (Å²) in [5.74, 6) is 0.104. The normalized spacial score (nSPS) is 18.6. The van der Waals surface area contributed by atoms with E-state index in [1.807, 2.05) is 49.1 Å². The summed E-state index contributed by atoms with van der Waals surface area (Å²) in [6.07, 6.45) is 3.06. The van der Waals surface area contributed by atoms with Crippen LogP contribution < -0.4 is 5.32 Å². The SMILES string of the molecule is CCC(C)(C)NC(=O)[C@H]1CCCN(C(=O)Cc2ccccc2)C1. The van der Waals surface area contributed by atoms with Crippen LogP contribution in [-0.2, 0) is 16.0 Å². The fourth-order valence-corrected chi connectivity index (χ4v) is 2.82. The number of carbonyl (C=O) groups excluding carboxylic acids is 2. The van der Waals surface area contributed by atoms with Gasteiger partial charge in [0.2, 0.25) is 11.8 Å². The van der Waals surface area contributed by atoms with Crippen molar-refractivity contribution in [2.24, 2.45) is 5.92 Å². The molecule has 1 aliphatic heterocycles. The van der Waals surface area contributed by atoms with Crippen molar-refractivity contribution >= 4 is 11.8 Å². The number of hydrogen-bond donors (Lipinski definition) is 1. The second-order valence-corrected chi connectivity index (χ2v) is 7.07. The van der Waals surface area contributed by atoms with E-state index in [4.69, 9.17) is 0 Å². The maximum atomic E-state index is 12.5. The summed E-state index contributed by atoms with van der Waals surface area (Å²) in [7, 11) is 0. The third kappa shape index (κ3) is 5.08. The molecule has 4 nitrogen and oxygen atoms in total. The fraction of sp³-hybridized carbons (Fsp3) is 0.579. The number of likely N-dealkylation sites (tertiary alicyclic amines) is 1. The molecule has 4 heteroatoms. The van der Waals surface area contributed by atoms with Gasteiger partial charge < -0.3 is 10.2 Å². The van der Waals surface area contributed by atoms with Crippen LogP contribution in [0.2, 0.25) is 0 Å². The fourth-order valence-electron chi connectivity index (χ4n) is 2.82. The monoisotopic (exact) mass is 316 g/mol. The number of nitrogens with one attached hydrogen (secondary N) is 1. The van der Waals surface area contributed by atoms with Crippen molar-refractivity contribution in [1.82, 2.24) is 10.2 Å². The van der Waals surface area contributed by atoms with Crippen molar-refractivity contribution < 1.29 is 9.59 Å². The Hall–Kier alpha value is -1.84. The highest BCUT2D eigenvalue weighted by Gasteiger charge is 2.30. The molecule has 1 aromatic rings. The van der Waals surface area contributed by atoms with Crippen molar-refractivity contribution in [3.63, 3.8) is 0 Å². The number of hydrogen-bond acceptors (Lipinski definition) is 2. The molecule has 1 fully saturated rings. The molecule has 126 valence electrons. The second kappa shape index (κ2) is 7.62. The van der Waals surface area contributed by atoms with E-state index in [9.17, 15) is 9.59 Å². The Morgan fingerprint density at radius 3 is 2.61 bits per heavy atom. The summed E-state index contributed by atoms with van der Waals surface area (Å²) in [6, 6.07) is 9.78. The average molecular weight is 316 g/mol. The molecular formula is C19H28N2O2. The molecule has 1 N–H and O–H groups in total. The molecule has 0 aromatic heterocycles. The van der Waals surface area contributed by atoms with Crippen molar-refractivity contribution in [3.05, 3.63) is 35.9 Å². The lowest BCUT2D eigenvalue weighted by molar-refractivity contribution is -0.135. The van der Waals surface area contributed by atoms with Crippen molar-refractivity contribution in [2.75, 3.05) is 13.1 Å². The van der Waals surface area contributed by atoms with E-state index in [-0.39, 0.29) is 23.3 Å². The van der Waals surface area contributed by atoms with Crippen LogP contribution >= 0.6 is 0 Å². The first-order chi connectivity index (χ1) is 10.9. The highest BCUT2D eigenvalue weighted by atomic mass is 16.2. The van der Waals surface area contributed by atoms with Crippen LogP contribution in [0.25, 0.3) is 0 Å². The van der Waals surface area contributed by atoms with Gasteiger partial charge in [-0.3, -0.25) is 9.59 Å². The molecule has 0 radical (unpaired) electrons. The Balaban J connectivity index is 1.92. The molecule has 0 aliphatic carbocycles. The van der Waals surface area contributed by atoms with E-state index < -0.39 is 0 Å². The van der Waals surface area contributed by atoms with Gasteiger partial charge in [0.1, 0.15) is 0 Å².